The van der Waals surface area contributed by atoms with Crippen molar-refractivity contribution in [3.8, 4) is 11.5 Å². The molecular weight excluding hydrogens is 318 g/mol. The van der Waals surface area contributed by atoms with Crippen molar-refractivity contribution in [3.05, 3.63) is 24.3 Å². The van der Waals surface area contributed by atoms with Crippen LogP contribution >= 0.6 is 0 Å². The van der Waals surface area contributed by atoms with Gasteiger partial charge in [0, 0.05) is 31.0 Å². The van der Waals surface area contributed by atoms with Crippen LogP contribution in [0.2, 0.25) is 0 Å². The van der Waals surface area contributed by atoms with Gasteiger partial charge in [0.25, 0.3) is 0 Å². The fraction of sp³-hybridized carbons (Fsp3) is 0.632. The minimum atomic E-state index is -0.0367. The zero-order chi connectivity index (χ0) is 17.4. The largest absolute Gasteiger partial charge is 0.486 e. The predicted octanol–water partition coefficient (Wildman–Crippen LogP) is 1.80. The summed E-state index contributed by atoms with van der Waals surface area (Å²) in [6.07, 6.45) is 1.46. The quantitative estimate of drug-likeness (QED) is 0.646. The van der Waals surface area contributed by atoms with Crippen LogP contribution in [-0.4, -0.2) is 51.0 Å². The first-order valence-corrected chi connectivity index (χ1v) is 9.07. The molecule has 0 bridgehead atoms. The Bertz CT molecular complexity index is 661. The highest BCUT2D eigenvalue weighted by Gasteiger charge is 2.59. The molecule has 0 radical (unpaired) electrons. The minimum Gasteiger partial charge on any atom is -0.486 e. The van der Waals surface area contributed by atoms with Gasteiger partial charge >= 0.3 is 0 Å². The third-order valence-electron chi connectivity index (χ3n) is 5.68. The molecule has 6 nitrogen and oxygen atoms in total. The molecule has 1 aromatic carbocycles. The van der Waals surface area contributed by atoms with E-state index in [0.717, 1.165) is 30.5 Å². The molecule has 2 heterocycles. The van der Waals surface area contributed by atoms with Crippen LogP contribution in [0, 0.1) is 11.3 Å². The molecule has 0 amide bonds. The van der Waals surface area contributed by atoms with Gasteiger partial charge in [-0.1, -0.05) is 26.0 Å². The van der Waals surface area contributed by atoms with Gasteiger partial charge in [-0.3, -0.25) is 4.99 Å². The number of ether oxygens (including phenoxy) is 3. The first-order chi connectivity index (χ1) is 12.1. The van der Waals surface area contributed by atoms with Crippen molar-refractivity contribution >= 4 is 5.96 Å². The number of fused-ring (bicyclic) bond motifs is 2. The number of aliphatic imine (C=N–C) groups is 1. The number of hydrogen-bond donors (Lipinski definition) is 2. The van der Waals surface area contributed by atoms with Crippen molar-refractivity contribution in [3.63, 3.8) is 0 Å². The standard InChI is InChI=1S/C19H27N3O3/c1-19(2)16(13-8-9-23-17(13)19)22-18(20-3)21-10-12-11-24-14-6-4-5-7-15(14)25-12/h4-7,12-13,16-17H,8-11H2,1-3H3,(H2,20,21,22). The SMILES string of the molecule is CN=C(NCC1COc2ccccc2O1)NC1C2CCOC2C1(C)C. The van der Waals surface area contributed by atoms with E-state index in [-0.39, 0.29) is 11.5 Å². The smallest absolute Gasteiger partial charge is 0.191 e. The maximum atomic E-state index is 5.99. The lowest BCUT2D eigenvalue weighted by Gasteiger charge is -2.54. The molecule has 4 unspecified atom stereocenters. The van der Waals surface area contributed by atoms with Gasteiger partial charge in [-0.05, 0) is 18.6 Å². The lowest BCUT2D eigenvalue weighted by Crippen LogP contribution is -2.68. The predicted molar refractivity (Wildman–Crippen MR) is 96.3 cm³/mol. The summed E-state index contributed by atoms with van der Waals surface area (Å²) in [6.45, 7) is 6.58. The Morgan fingerprint density at radius 1 is 1.28 bits per heavy atom. The summed E-state index contributed by atoms with van der Waals surface area (Å²) in [5, 5.41) is 6.97. The molecule has 2 aliphatic heterocycles. The second-order valence-corrected chi connectivity index (χ2v) is 7.64. The van der Waals surface area contributed by atoms with Crippen molar-refractivity contribution < 1.29 is 14.2 Å². The Kier molecular flexibility index (Phi) is 4.23. The highest BCUT2D eigenvalue weighted by Crippen LogP contribution is 2.52. The van der Waals surface area contributed by atoms with Crippen molar-refractivity contribution in [2.45, 2.75) is 38.5 Å². The number of nitrogens with zero attached hydrogens (tertiary/aromatic N) is 1. The second kappa shape index (κ2) is 6.41. The third kappa shape index (κ3) is 2.92. The molecule has 136 valence electrons. The van der Waals surface area contributed by atoms with Crippen LogP contribution in [0.25, 0.3) is 0 Å². The van der Waals surface area contributed by atoms with Gasteiger partial charge < -0.3 is 24.8 Å². The number of nitrogens with one attached hydrogen (secondary N) is 2. The van der Waals surface area contributed by atoms with Crippen molar-refractivity contribution in [2.75, 3.05) is 26.8 Å². The molecule has 1 aromatic rings. The fourth-order valence-corrected chi connectivity index (χ4v) is 4.33. The van der Waals surface area contributed by atoms with E-state index in [2.05, 4.69) is 29.5 Å². The summed E-state index contributed by atoms with van der Waals surface area (Å²) in [5.74, 6) is 3.00. The van der Waals surface area contributed by atoms with E-state index in [1.165, 1.54) is 0 Å². The molecule has 4 rings (SSSR count). The summed E-state index contributed by atoms with van der Waals surface area (Å²) < 4.78 is 17.6. The van der Waals surface area contributed by atoms with Gasteiger partial charge in [0.15, 0.2) is 17.5 Å². The number of hydrogen-bond acceptors (Lipinski definition) is 4. The maximum Gasteiger partial charge on any atom is 0.191 e. The molecule has 0 spiro atoms. The molecule has 1 saturated heterocycles. The summed E-state index contributed by atoms with van der Waals surface area (Å²) in [6, 6.07) is 8.16. The van der Waals surface area contributed by atoms with Crippen LogP contribution in [0.4, 0.5) is 0 Å². The zero-order valence-electron chi connectivity index (χ0n) is 15.1. The summed E-state index contributed by atoms with van der Waals surface area (Å²) >= 11 is 0. The molecule has 0 aromatic heterocycles. The van der Waals surface area contributed by atoms with Crippen molar-refractivity contribution in [1.82, 2.24) is 10.6 Å². The second-order valence-electron chi connectivity index (χ2n) is 7.64. The van der Waals surface area contributed by atoms with E-state index >= 15 is 0 Å². The molecule has 1 saturated carbocycles. The molecular formula is C19H27N3O3. The Balaban J connectivity index is 1.32. The number of guanidine groups is 1. The van der Waals surface area contributed by atoms with Crippen LogP contribution in [0.5, 0.6) is 11.5 Å². The summed E-state index contributed by atoms with van der Waals surface area (Å²) in [7, 11) is 1.80. The average molecular weight is 345 g/mol. The third-order valence-corrected chi connectivity index (χ3v) is 5.68. The molecule has 25 heavy (non-hydrogen) atoms. The van der Waals surface area contributed by atoms with Crippen molar-refractivity contribution in [2.24, 2.45) is 16.3 Å². The number of rotatable bonds is 3. The topological polar surface area (TPSA) is 64.1 Å². The van der Waals surface area contributed by atoms with Gasteiger partial charge in [0.05, 0.1) is 12.6 Å². The first-order valence-electron chi connectivity index (χ1n) is 9.07. The van der Waals surface area contributed by atoms with Crippen molar-refractivity contribution in [1.29, 1.82) is 0 Å². The van der Waals surface area contributed by atoms with E-state index in [1.54, 1.807) is 7.05 Å². The van der Waals surface area contributed by atoms with E-state index < -0.39 is 0 Å². The molecule has 2 fully saturated rings. The van der Waals surface area contributed by atoms with Gasteiger partial charge in [-0.15, -0.1) is 0 Å². The molecule has 3 aliphatic rings. The van der Waals surface area contributed by atoms with E-state index in [9.17, 15) is 0 Å². The van der Waals surface area contributed by atoms with Gasteiger partial charge in [0.1, 0.15) is 12.7 Å². The van der Waals surface area contributed by atoms with E-state index in [1.807, 2.05) is 24.3 Å². The fourth-order valence-electron chi connectivity index (χ4n) is 4.33. The highest BCUT2D eigenvalue weighted by atomic mass is 16.6. The van der Waals surface area contributed by atoms with Crippen LogP contribution in [0.15, 0.2) is 29.3 Å². The number of para-hydroxylation sites is 2. The molecule has 1 aliphatic carbocycles. The number of benzene rings is 1. The average Bonchev–Trinajstić information content (AvgIpc) is 3.09. The van der Waals surface area contributed by atoms with Gasteiger partial charge in [-0.25, -0.2) is 0 Å². The Labute approximate surface area is 148 Å². The van der Waals surface area contributed by atoms with Crippen LogP contribution in [0.1, 0.15) is 20.3 Å². The van der Waals surface area contributed by atoms with Crippen LogP contribution < -0.4 is 20.1 Å². The first kappa shape index (κ1) is 16.5. The minimum absolute atomic E-state index is 0.0367. The van der Waals surface area contributed by atoms with Gasteiger partial charge in [-0.2, -0.15) is 0 Å². The maximum absolute atomic E-state index is 5.99. The molecule has 2 N–H and O–H groups in total. The Morgan fingerprint density at radius 3 is 2.88 bits per heavy atom. The monoisotopic (exact) mass is 345 g/mol. The lowest BCUT2D eigenvalue weighted by molar-refractivity contribution is -0.106. The van der Waals surface area contributed by atoms with E-state index in [4.69, 9.17) is 14.2 Å². The van der Waals surface area contributed by atoms with Crippen LogP contribution in [-0.2, 0) is 4.74 Å². The Hall–Kier alpha value is -1.95. The zero-order valence-corrected chi connectivity index (χ0v) is 15.1. The summed E-state index contributed by atoms with van der Waals surface area (Å²) in [4.78, 5) is 4.38. The molecule has 4 atom stereocenters. The molecule has 6 heteroatoms. The van der Waals surface area contributed by atoms with Gasteiger partial charge in [0.2, 0.25) is 0 Å². The highest BCUT2D eigenvalue weighted by molar-refractivity contribution is 5.80. The lowest BCUT2D eigenvalue weighted by atomic mass is 9.57. The van der Waals surface area contributed by atoms with Crippen LogP contribution in [0.3, 0.4) is 0 Å². The summed E-state index contributed by atoms with van der Waals surface area (Å²) in [5.41, 5.74) is 0.127. The Morgan fingerprint density at radius 2 is 2.08 bits per heavy atom. The van der Waals surface area contributed by atoms with E-state index in [0.29, 0.717) is 31.2 Å². The normalized spacial score (nSPS) is 32.5.